The highest BCUT2D eigenvalue weighted by Gasteiger charge is 2.10. The Morgan fingerprint density at radius 1 is 1.12 bits per heavy atom. The molecule has 0 atom stereocenters. The van der Waals surface area contributed by atoms with Crippen molar-refractivity contribution < 1.29 is 0 Å². The number of benzene rings is 1. The number of nitrogens with zero attached hydrogens (tertiary/aromatic N) is 2. The van der Waals surface area contributed by atoms with Crippen molar-refractivity contribution in [1.29, 1.82) is 0 Å². The minimum absolute atomic E-state index is 0.985. The van der Waals surface area contributed by atoms with Crippen LogP contribution in [0.1, 0.15) is 12.5 Å². The van der Waals surface area contributed by atoms with Crippen LogP contribution in [0.15, 0.2) is 42.6 Å². The number of hydrogen-bond acceptors (Lipinski definition) is 3. The molecule has 0 saturated heterocycles. The van der Waals surface area contributed by atoms with E-state index >= 15 is 0 Å². The second-order valence-electron chi connectivity index (χ2n) is 3.85. The summed E-state index contributed by atoms with van der Waals surface area (Å²) < 4.78 is 1.22. The third-order valence-corrected chi connectivity index (χ3v) is 3.81. The van der Waals surface area contributed by atoms with Gasteiger partial charge >= 0.3 is 0 Å². The second kappa shape index (κ2) is 4.26. The molecule has 3 rings (SSSR count). The van der Waals surface area contributed by atoms with Gasteiger partial charge in [0.05, 0.1) is 10.2 Å². The van der Waals surface area contributed by atoms with Gasteiger partial charge in [0.2, 0.25) is 0 Å². The third-order valence-electron chi connectivity index (χ3n) is 2.77. The Labute approximate surface area is 104 Å². The first-order valence-corrected chi connectivity index (χ1v) is 6.50. The molecule has 0 fully saturated rings. The Morgan fingerprint density at radius 2 is 2.00 bits per heavy atom. The largest absolute Gasteiger partial charge is 0.253 e. The SMILES string of the molecule is CCc1cccnc1-c1nc2ccccc2s1. The molecule has 0 aliphatic rings. The summed E-state index contributed by atoms with van der Waals surface area (Å²) in [7, 11) is 0. The molecule has 3 aromatic rings. The Hall–Kier alpha value is -1.74. The van der Waals surface area contributed by atoms with E-state index in [1.807, 2.05) is 30.5 Å². The van der Waals surface area contributed by atoms with Crippen molar-refractivity contribution in [3.8, 4) is 10.7 Å². The van der Waals surface area contributed by atoms with Gasteiger partial charge in [0, 0.05) is 6.20 Å². The van der Waals surface area contributed by atoms with Crippen molar-refractivity contribution in [2.24, 2.45) is 0 Å². The van der Waals surface area contributed by atoms with E-state index in [1.165, 1.54) is 10.3 Å². The molecule has 84 valence electrons. The summed E-state index contributed by atoms with van der Waals surface area (Å²) in [4.78, 5) is 9.11. The lowest BCUT2D eigenvalue weighted by Gasteiger charge is -2.01. The molecule has 0 spiro atoms. The van der Waals surface area contributed by atoms with Gasteiger partial charge in [-0.3, -0.25) is 4.98 Å². The van der Waals surface area contributed by atoms with E-state index in [2.05, 4.69) is 29.0 Å². The van der Waals surface area contributed by atoms with Gasteiger partial charge in [-0.15, -0.1) is 11.3 Å². The first-order valence-electron chi connectivity index (χ1n) is 5.68. The Bertz CT molecular complexity index is 625. The van der Waals surface area contributed by atoms with Crippen molar-refractivity contribution in [3.63, 3.8) is 0 Å². The Balaban J connectivity index is 2.20. The van der Waals surface area contributed by atoms with Gasteiger partial charge < -0.3 is 0 Å². The lowest BCUT2D eigenvalue weighted by molar-refractivity contribution is 1.11. The van der Waals surface area contributed by atoms with Crippen molar-refractivity contribution in [2.75, 3.05) is 0 Å². The zero-order valence-corrected chi connectivity index (χ0v) is 10.4. The van der Waals surface area contributed by atoms with Gasteiger partial charge in [-0.1, -0.05) is 25.1 Å². The highest BCUT2D eigenvalue weighted by atomic mass is 32.1. The van der Waals surface area contributed by atoms with Gasteiger partial charge in [-0.05, 0) is 30.2 Å². The summed E-state index contributed by atoms with van der Waals surface area (Å²) >= 11 is 1.71. The van der Waals surface area contributed by atoms with Crippen LogP contribution in [-0.4, -0.2) is 9.97 Å². The molecular formula is C14H12N2S. The Morgan fingerprint density at radius 3 is 2.82 bits per heavy atom. The fraction of sp³-hybridized carbons (Fsp3) is 0.143. The first kappa shape index (κ1) is 10.4. The molecule has 0 aliphatic carbocycles. The van der Waals surface area contributed by atoms with Crippen molar-refractivity contribution in [1.82, 2.24) is 9.97 Å². The maximum absolute atomic E-state index is 4.65. The zero-order chi connectivity index (χ0) is 11.7. The van der Waals surface area contributed by atoms with Crippen molar-refractivity contribution >= 4 is 21.6 Å². The number of aromatic nitrogens is 2. The van der Waals surface area contributed by atoms with Crippen LogP contribution in [0.4, 0.5) is 0 Å². The van der Waals surface area contributed by atoms with Crippen LogP contribution in [0, 0.1) is 0 Å². The standard InChI is InChI=1S/C14H12N2S/c1-2-10-6-5-9-15-13(10)14-16-11-7-3-4-8-12(11)17-14/h3-9H,2H2,1H3. The number of hydrogen-bond donors (Lipinski definition) is 0. The normalized spacial score (nSPS) is 10.9. The number of thiazole rings is 1. The zero-order valence-electron chi connectivity index (χ0n) is 9.55. The molecule has 0 bridgehead atoms. The topological polar surface area (TPSA) is 25.8 Å². The quantitative estimate of drug-likeness (QED) is 0.678. The monoisotopic (exact) mass is 240 g/mol. The molecule has 1 aromatic carbocycles. The molecule has 17 heavy (non-hydrogen) atoms. The number of para-hydroxylation sites is 1. The average molecular weight is 240 g/mol. The fourth-order valence-corrected chi connectivity index (χ4v) is 2.89. The van der Waals surface area contributed by atoms with E-state index in [0.29, 0.717) is 0 Å². The van der Waals surface area contributed by atoms with Gasteiger partial charge in [0.15, 0.2) is 0 Å². The van der Waals surface area contributed by atoms with E-state index < -0.39 is 0 Å². The van der Waals surface area contributed by atoms with Crippen LogP contribution in [0.2, 0.25) is 0 Å². The molecule has 0 saturated carbocycles. The van der Waals surface area contributed by atoms with Crippen LogP contribution in [-0.2, 0) is 6.42 Å². The highest BCUT2D eigenvalue weighted by molar-refractivity contribution is 7.21. The molecule has 0 radical (unpaired) electrons. The Kier molecular flexibility index (Phi) is 2.61. The summed E-state index contributed by atoms with van der Waals surface area (Å²) in [6, 6.07) is 12.3. The summed E-state index contributed by atoms with van der Waals surface area (Å²) in [6.45, 7) is 2.15. The van der Waals surface area contributed by atoms with E-state index in [0.717, 1.165) is 22.6 Å². The van der Waals surface area contributed by atoms with Crippen molar-refractivity contribution in [3.05, 3.63) is 48.2 Å². The number of aryl methyl sites for hydroxylation is 1. The lowest BCUT2D eigenvalue weighted by atomic mass is 10.1. The molecule has 0 unspecified atom stereocenters. The minimum Gasteiger partial charge on any atom is -0.253 e. The molecule has 2 nitrogen and oxygen atoms in total. The smallest absolute Gasteiger partial charge is 0.143 e. The van der Waals surface area contributed by atoms with E-state index in [1.54, 1.807) is 11.3 Å². The maximum atomic E-state index is 4.65. The van der Waals surface area contributed by atoms with Gasteiger partial charge in [-0.2, -0.15) is 0 Å². The maximum Gasteiger partial charge on any atom is 0.143 e. The van der Waals surface area contributed by atoms with Gasteiger partial charge in [0.1, 0.15) is 10.7 Å². The summed E-state index contributed by atoms with van der Waals surface area (Å²) in [5.41, 5.74) is 3.34. The predicted octanol–water partition coefficient (Wildman–Crippen LogP) is 3.92. The van der Waals surface area contributed by atoms with E-state index in [-0.39, 0.29) is 0 Å². The summed E-state index contributed by atoms with van der Waals surface area (Å²) in [5.74, 6) is 0. The second-order valence-corrected chi connectivity index (χ2v) is 4.88. The van der Waals surface area contributed by atoms with Crippen LogP contribution >= 0.6 is 11.3 Å². The van der Waals surface area contributed by atoms with E-state index in [4.69, 9.17) is 0 Å². The number of rotatable bonds is 2. The molecule has 3 heteroatoms. The highest BCUT2D eigenvalue weighted by Crippen LogP contribution is 2.30. The summed E-state index contributed by atoms with van der Waals surface area (Å²) in [6.07, 6.45) is 2.82. The van der Waals surface area contributed by atoms with Crippen LogP contribution in [0.25, 0.3) is 20.9 Å². The van der Waals surface area contributed by atoms with Crippen LogP contribution in [0.5, 0.6) is 0 Å². The summed E-state index contributed by atoms with van der Waals surface area (Å²) in [5, 5.41) is 1.02. The fourth-order valence-electron chi connectivity index (χ4n) is 1.89. The van der Waals surface area contributed by atoms with Gasteiger partial charge in [0.25, 0.3) is 0 Å². The molecule has 0 aliphatic heterocycles. The van der Waals surface area contributed by atoms with Gasteiger partial charge in [-0.25, -0.2) is 4.98 Å². The lowest BCUT2D eigenvalue weighted by Crippen LogP contribution is -1.89. The van der Waals surface area contributed by atoms with Crippen LogP contribution in [0.3, 0.4) is 0 Å². The average Bonchev–Trinajstić information content (AvgIpc) is 2.82. The number of fused-ring (bicyclic) bond motifs is 1. The molecular weight excluding hydrogens is 228 g/mol. The molecule has 0 N–H and O–H groups in total. The molecule has 0 amide bonds. The van der Waals surface area contributed by atoms with E-state index in [9.17, 15) is 0 Å². The molecule has 2 heterocycles. The van der Waals surface area contributed by atoms with Crippen molar-refractivity contribution in [2.45, 2.75) is 13.3 Å². The van der Waals surface area contributed by atoms with Crippen LogP contribution < -0.4 is 0 Å². The number of pyridine rings is 1. The predicted molar refractivity (Wildman–Crippen MR) is 72.2 cm³/mol. The first-order chi connectivity index (χ1) is 8.38. The minimum atomic E-state index is 0.985. The third kappa shape index (κ3) is 1.83. The molecule has 2 aromatic heterocycles.